The van der Waals surface area contributed by atoms with Gasteiger partial charge in [-0.25, -0.2) is 0 Å². The lowest BCUT2D eigenvalue weighted by Crippen LogP contribution is -2.44. The maximum Gasteiger partial charge on any atom is 0.223 e. The van der Waals surface area contributed by atoms with Crippen LogP contribution in [0.2, 0.25) is 0 Å². The highest BCUT2D eigenvalue weighted by Crippen LogP contribution is 2.38. The zero-order valence-corrected chi connectivity index (χ0v) is 9.06. The number of amides is 1. The van der Waals surface area contributed by atoms with Crippen molar-refractivity contribution in [2.75, 3.05) is 0 Å². The van der Waals surface area contributed by atoms with E-state index < -0.39 is 0 Å². The van der Waals surface area contributed by atoms with Crippen LogP contribution in [0.4, 0.5) is 0 Å². The van der Waals surface area contributed by atoms with Crippen molar-refractivity contribution in [2.45, 2.75) is 39.2 Å². The SMILES string of the molecule is CC1CC(NC(=O)C2CC2C)C1.Cl. The summed E-state index contributed by atoms with van der Waals surface area (Å²) in [6.07, 6.45) is 3.48. The van der Waals surface area contributed by atoms with Crippen LogP contribution in [0.1, 0.15) is 33.1 Å². The fourth-order valence-electron chi connectivity index (χ4n) is 2.02. The van der Waals surface area contributed by atoms with Gasteiger partial charge in [-0.15, -0.1) is 12.4 Å². The van der Waals surface area contributed by atoms with Crippen molar-refractivity contribution in [3.8, 4) is 0 Å². The molecule has 0 radical (unpaired) electrons. The van der Waals surface area contributed by atoms with Crippen LogP contribution in [0.3, 0.4) is 0 Å². The fourth-order valence-corrected chi connectivity index (χ4v) is 2.02. The minimum Gasteiger partial charge on any atom is -0.353 e. The molecule has 1 amide bonds. The lowest BCUT2D eigenvalue weighted by Gasteiger charge is -2.33. The second-order valence-electron chi connectivity index (χ2n) is 4.60. The fraction of sp³-hybridized carbons (Fsp3) is 0.900. The molecule has 2 rings (SSSR count). The number of halogens is 1. The van der Waals surface area contributed by atoms with Crippen molar-refractivity contribution in [1.82, 2.24) is 5.32 Å². The van der Waals surface area contributed by atoms with E-state index in [1.807, 2.05) is 0 Å². The van der Waals surface area contributed by atoms with Gasteiger partial charge < -0.3 is 5.32 Å². The highest BCUT2D eigenvalue weighted by Gasteiger charge is 2.40. The molecule has 13 heavy (non-hydrogen) atoms. The maximum atomic E-state index is 11.4. The Labute approximate surface area is 85.9 Å². The molecule has 2 saturated carbocycles. The molecule has 2 atom stereocenters. The molecular formula is C10H18ClNO. The van der Waals surface area contributed by atoms with Crippen LogP contribution in [0.5, 0.6) is 0 Å². The summed E-state index contributed by atoms with van der Waals surface area (Å²) < 4.78 is 0. The van der Waals surface area contributed by atoms with Crippen molar-refractivity contribution >= 4 is 18.3 Å². The molecule has 0 aromatic carbocycles. The number of hydrogen-bond donors (Lipinski definition) is 1. The second kappa shape index (κ2) is 3.87. The molecule has 0 aliphatic heterocycles. The average molecular weight is 204 g/mol. The Hall–Kier alpha value is -0.240. The van der Waals surface area contributed by atoms with Gasteiger partial charge in [-0.05, 0) is 31.1 Å². The maximum absolute atomic E-state index is 11.4. The Kier molecular flexibility index (Phi) is 3.23. The Morgan fingerprint density at radius 3 is 2.15 bits per heavy atom. The van der Waals surface area contributed by atoms with Crippen molar-refractivity contribution in [2.24, 2.45) is 17.8 Å². The van der Waals surface area contributed by atoms with Gasteiger partial charge in [0, 0.05) is 12.0 Å². The van der Waals surface area contributed by atoms with E-state index in [9.17, 15) is 4.79 Å². The molecule has 0 aromatic heterocycles. The van der Waals surface area contributed by atoms with Gasteiger partial charge in [-0.3, -0.25) is 4.79 Å². The highest BCUT2D eigenvalue weighted by atomic mass is 35.5. The van der Waals surface area contributed by atoms with Crippen LogP contribution in [-0.2, 0) is 4.79 Å². The monoisotopic (exact) mass is 203 g/mol. The summed E-state index contributed by atoms with van der Waals surface area (Å²) in [5.41, 5.74) is 0. The van der Waals surface area contributed by atoms with Crippen molar-refractivity contribution < 1.29 is 4.79 Å². The van der Waals surface area contributed by atoms with Gasteiger partial charge in [-0.1, -0.05) is 13.8 Å². The van der Waals surface area contributed by atoms with Crippen molar-refractivity contribution in [1.29, 1.82) is 0 Å². The largest absolute Gasteiger partial charge is 0.353 e. The zero-order valence-electron chi connectivity index (χ0n) is 8.25. The number of nitrogens with one attached hydrogen (secondary N) is 1. The Morgan fingerprint density at radius 2 is 1.77 bits per heavy atom. The lowest BCUT2D eigenvalue weighted by molar-refractivity contribution is -0.124. The van der Waals surface area contributed by atoms with Crippen LogP contribution in [0, 0.1) is 17.8 Å². The first-order chi connectivity index (χ1) is 5.66. The predicted molar refractivity (Wildman–Crippen MR) is 54.8 cm³/mol. The standard InChI is InChI=1S/C10H17NO.ClH/c1-6-3-8(4-6)11-10(12)9-5-7(9)2;/h6-9H,3-5H2,1-2H3,(H,11,12);1H. The molecule has 0 saturated heterocycles. The second-order valence-corrected chi connectivity index (χ2v) is 4.60. The summed E-state index contributed by atoms with van der Waals surface area (Å²) in [6, 6.07) is 0.500. The molecule has 0 aromatic rings. The Bertz CT molecular complexity index is 201. The van der Waals surface area contributed by atoms with Crippen LogP contribution < -0.4 is 5.32 Å². The van der Waals surface area contributed by atoms with Gasteiger partial charge in [0.2, 0.25) is 5.91 Å². The average Bonchev–Trinajstić information content (AvgIpc) is 2.63. The smallest absolute Gasteiger partial charge is 0.223 e. The van der Waals surface area contributed by atoms with Crippen LogP contribution in [0.25, 0.3) is 0 Å². The van der Waals surface area contributed by atoms with E-state index in [0.717, 1.165) is 12.3 Å². The van der Waals surface area contributed by atoms with E-state index in [2.05, 4.69) is 19.2 Å². The van der Waals surface area contributed by atoms with E-state index >= 15 is 0 Å². The highest BCUT2D eigenvalue weighted by molar-refractivity contribution is 5.85. The van der Waals surface area contributed by atoms with Crippen LogP contribution in [0.15, 0.2) is 0 Å². The molecule has 1 N–H and O–H groups in total. The number of carbonyl (C=O) groups excluding carboxylic acids is 1. The molecule has 2 unspecified atom stereocenters. The van der Waals surface area contributed by atoms with E-state index in [0.29, 0.717) is 23.8 Å². The summed E-state index contributed by atoms with van der Waals surface area (Å²) in [5, 5.41) is 3.10. The minimum absolute atomic E-state index is 0. The first-order valence-electron chi connectivity index (χ1n) is 4.97. The van der Waals surface area contributed by atoms with E-state index in [-0.39, 0.29) is 12.4 Å². The quantitative estimate of drug-likeness (QED) is 0.731. The zero-order chi connectivity index (χ0) is 8.72. The molecule has 3 heteroatoms. The number of carbonyl (C=O) groups is 1. The topological polar surface area (TPSA) is 29.1 Å². The van der Waals surface area contributed by atoms with Gasteiger partial charge in [0.25, 0.3) is 0 Å². The first-order valence-corrected chi connectivity index (χ1v) is 4.97. The number of rotatable bonds is 2. The minimum atomic E-state index is 0. The summed E-state index contributed by atoms with van der Waals surface area (Å²) >= 11 is 0. The lowest BCUT2D eigenvalue weighted by atomic mass is 9.82. The van der Waals surface area contributed by atoms with Gasteiger partial charge in [0.15, 0.2) is 0 Å². The van der Waals surface area contributed by atoms with Gasteiger partial charge in [0.1, 0.15) is 0 Å². The third kappa shape index (κ3) is 2.37. The summed E-state index contributed by atoms with van der Waals surface area (Å²) in [5.74, 6) is 2.12. The van der Waals surface area contributed by atoms with Gasteiger partial charge >= 0.3 is 0 Å². The van der Waals surface area contributed by atoms with Crippen molar-refractivity contribution in [3.05, 3.63) is 0 Å². The summed E-state index contributed by atoms with van der Waals surface area (Å²) in [4.78, 5) is 11.4. The summed E-state index contributed by atoms with van der Waals surface area (Å²) in [6.45, 7) is 4.38. The van der Waals surface area contributed by atoms with E-state index in [1.165, 1.54) is 12.8 Å². The molecule has 2 nitrogen and oxygen atoms in total. The third-order valence-corrected chi connectivity index (χ3v) is 3.17. The summed E-state index contributed by atoms with van der Waals surface area (Å²) in [7, 11) is 0. The molecule has 0 spiro atoms. The number of hydrogen-bond acceptors (Lipinski definition) is 1. The molecule has 76 valence electrons. The molecule has 2 aliphatic rings. The molecule has 2 fully saturated rings. The van der Waals surface area contributed by atoms with Gasteiger partial charge in [-0.2, -0.15) is 0 Å². The molecule has 0 bridgehead atoms. The molecule has 2 aliphatic carbocycles. The van der Waals surface area contributed by atoms with Crippen LogP contribution >= 0.6 is 12.4 Å². The Balaban J connectivity index is 0.000000845. The third-order valence-electron chi connectivity index (χ3n) is 3.17. The van der Waals surface area contributed by atoms with Crippen LogP contribution in [-0.4, -0.2) is 11.9 Å². The van der Waals surface area contributed by atoms with E-state index in [1.54, 1.807) is 0 Å². The first kappa shape index (κ1) is 10.8. The normalized spacial score (nSPS) is 41.4. The van der Waals surface area contributed by atoms with Crippen molar-refractivity contribution in [3.63, 3.8) is 0 Å². The van der Waals surface area contributed by atoms with E-state index in [4.69, 9.17) is 0 Å². The predicted octanol–water partition coefficient (Wildman–Crippen LogP) is 1.98. The Morgan fingerprint density at radius 1 is 1.23 bits per heavy atom. The molecular weight excluding hydrogens is 186 g/mol. The van der Waals surface area contributed by atoms with Gasteiger partial charge in [0.05, 0.1) is 0 Å². The molecule has 0 heterocycles.